The summed E-state index contributed by atoms with van der Waals surface area (Å²) in [5.74, 6) is 1.10. The SMILES string of the molecule is Cc1ccn(-c2nc(-c3ccc(NC(=O)Nc4ccc(F)cc4)cc3)nc(N3CCOCC3)n2)n1. The molecule has 1 aliphatic rings. The Balaban J connectivity index is 1.37. The molecule has 4 aromatic rings. The van der Waals surface area contributed by atoms with Gasteiger partial charge in [-0.2, -0.15) is 20.1 Å². The van der Waals surface area contributed by atoms with Gasteiger partial charge in [-0.3, -0.25) is 0 Å². The van der Waals surface area contributed by atoms with Gasteiger partial charge in [-0.1, -0.05) is 0 Å². The predicted molar refractivity (Wildman–Crippen MR) is 129 cm³/mol. The lowest BCUT2D eigenvalue weighted by atomic mass is 10.2. The van der Waals surface area contributed by atoms with Gasteiger partial charge in [0.15, 0.2) is 5.82 Å². The van der Waals surface area contributed by atoms with Crippen LogP contribution in [0.15, 0.2) is 60.8 Å². The largest absolute Gasteiger partial charge is 0.378 e. The van der Waals surface area contributed by atoms with Crippen molar-refractivity contribution in [3.05, 3.63) is 72.3 Å². The van der Waals surface area contributed by atoms with E-state index in [2.05, 4.69) is 35.6 Å². The zero-order chi connectivity index (χ0) is 24.2. The third-order valence-electron chi connectivity index (χ3n) is 5.34. The van der Waals surface area contributed by atoms with Gasteiger partial charge in [-0.15, -0.1) is 0 Å². The lowest BCUT2D eigenvalue weighted by Gasteiger charge is -2.27. The number of aromatic nitrogens is 5. The summed E-state index contributed by atoms with van der Waals surface area (Å²) in [6.07, 6.45) is 1.81. The number of hydrogen-bond acceptors (Lipinski definition) is 7. The van der Waals surface area contributed by atoms with Crippen LogP contribution in [0.3, 0.4) is 0 Å². The second-order valence-corrected chi connectivity index (χ2v) is 7.92. The van der Waals surface area contributed by atoms with Crippen LogP contribution in [0.25, 0.3) is 17.3 Å². The fourth-order valence-electron chi connectivity index (χ4n) is 3.55. The number of benzene rings is 2. The maximum atomic E-state index is 13.0. The van der Waals surface area contributed by atoms with Crippen LogP contribution >= 0.6 is 0 Å². The van der Waals surface area contributed by atoms with E-state index in [0.29, 0.717) is 55.4 Å². The van der Waals surface area contributed by atoms with Gasteiger partial charge in [0, 0.05) is 36.2 Å². The molecule has 11 heteroatoms. The molecule has 0 radical (unpaired) electrons. The van der Waals surface area contributed by atoms with Crippen LogP contribution < -0.4 is 15.5 Å². The standard InChI is InChI=1S/C24H23FN8O2/c1-16-10-11-33(31-16)23-29-21(28-22(30-23)32-12-14-35-15-13-32)17-2-6-19(7-3-17)26-24(34)27-20-8-4-18(25)5-9-20/h2-11H,12-15H2,1H3,(H2,26,27,34). The monoisotopic (exact) mass is 474 g/mol. The van der Waals surface area contributed by atoms with E-state index in [-0.39, 0.29) is 5.82 Å². The molecule has 0 atom stereocenters. The number of urea groups is 1. The fourth-order valence-corrected chi connectivity index (χ4v) is 3.55. The van der Waals surface area contributed by atoms with Gasteiger partial charge in [-0.25, -0.2) is 13.9 Å². The van der Waals surface area contributed by atoms with E-state index in [4.69, 9.17) is 4.74 Å². The van der Waals surface area contributed by atoms with E-state index >= 15 is 0 Å². The minimum absolute atomic E-state index is 0.368. The second-order valence-electron chi connectivity index (χ2n) is 7.92. The first-order chi connectivity index (χ1) is 17.0. The van der Waals surface area contributed by atoms with E-state index in [1.54, 1.807) is 16.8 Å². The second kappa shape index (κ2) is 9.85. The van der Waals surface area contributed by atoms with Crippen LogP contribution in [0, 0.1) is 12.7 Å². The van der Waals surface area contributed by atoms with Gasteiger partial charge in [0.2, 0.25) is 5.95 Å². The fraction of sp³-hybridized carbons (Fsp3) is 0.208. The Labute approximate surface area is 200 Å². The Morgan fingerprint density at radius 1 is 0.886 bits per heavy atom. The van der Waals surface area contributed by atoms with Crippen molar-refractivity contribution in [2.45, 2.75) is 6.92 Å². The van der Waals surface area contributed by atoms with Crippen LogP contribution in [-0.2, 0) is 4.74 Å². The number of anilines is 3. The highest BCUT2D eigenvalue weighted by molar-refractivity contribution is 5.99. The van der Waals surface area contributed by atoms with Gasteiger partial charge >= 0.3 is 6.03 Å². The number of hydrogen-bond donors (Lipinski definition) is 2. The molecule has 5 rings (SSSR count). The van der Waals surface area contributed by atoms with Crippen LogP contribution in [0.4, 0.5) is 26.5 Å². The number of morpholine rings is 1. The number of nitrogens with zero attached hydrogens (tertiary/aromatic N) is 6. The Bertz CT molecular complexity index is 1320. The van der Waals surface area contributed by atoms with Gasteiger partial charge in [0.1, 0.15) is 5.82 Å². The molecule has 2 N–H and O–H groups in total. The molecule has 0 bridgehead atoms. The van der Waals surface area contributed by atoms with Crippen LogP contribution in [0.1, 0.15) is 5.69 Å². The number of halogens is 1. The number of nitrogens with one attached hydrogen (secondary N) is 2. The molecule has 2 aromatic carbocycles. The maximum Gasteiger partial charge on any atom is 0.323 e. The smallest absolute Gasteiger partial charge is 0.323 e. The molecule has 1 fully saturated rings. The highest BCUT2D eigenvalue weighted by Gasteiger charge is 2.18. The zero-order valence-electron chi connectivity index (χ0n) is 19.0. The van der Waals surface area contributed by atoms with Crippen molar-refractivity contribution < 1.29 is 13.9 Å². The number of amides is 2. The summed E-state index contributed by atoms with van der Waals surface area (Å²) in [6, 6.07) is 14.2. The normalized spacial score (nSPS) is 13.5. The van der Waals surface area contributed by atoms with Crippen molar-refractivity contribution in [1.82, 2.24) is 24.7 Å². The third-order valence-corrected chi connectivity index (χ3v) is 5.34. The Morgan fingerprint density at radius 2 is 1.51 bits per heavy atom. The molecule has 1 saturated heterocycles. The molecule has 35 heavy (non-hydrogen) atoms. The summed E-state index contributed by atoms with van der Waals surface area (Å²) in [4.78, 5) is 28.3. The molecular weight excluding hydrogens is 451 g/mol. The number of ether oxygens (including phenoxy) is 1. The minimum Gasteiger partial charge on any atom is -0.378 e. The van der Waals surface area contributed by atoms with Crippen molar-refractivity contribution in [2.75, 3.05) is 41.8 Å². The van der Waals surface area contributed by atoms with E-state index in [1.165, 1.54) is 24.3 Å². The molecule has 0 saturated carbocycles. The first-order valence-corrected chi connectivity index (χ1v) is 11.1. The molecule has 0 unspecified atom stereocenters. The molecule has 3 heterocycles. The van der Waals surface area contributed by atoms with Crippen LogP contribution in [-0.4, -0.2) is 57.1 Å². The van der Waals surface area contributed by atoms with Crippen molar-refractivity contribution in [2.24, 2.45) is 0 Å². The topological polar surface area (TPSA) is 110 Å². The number of carbonyl (C=O) groups is 1. The summed E-state index contributed by atoms with van der Waals surface area (Å²) in [5.41, 5.74) is 2.69. The molecule has 178 valence electrons. The molecular formula is C24H23FN8O2. The van der Waals surface area contributed by atoms with Crippen LogP contribution in [0.2, 0.25) is 0 Å². The Morgan fingerprint density at radius 3 is 2.14 bits per heavy atom. The van der Waals surface area contributed by atoms with Gasteiger partial charge < -0.3 is 20.3 Å². The first kappa shape index (κ1) is 22.4. The number of aryl methyl sites for hydroxylation is 1. The lowest BCUT2D eigenvalue weighted by molar-refractivity contribution is 0.122. The van der Waals surface area contributed by atoms with Crippen molar-refractivity contribution in [3.63, 3.8) is 0 Å². The Kier molecular flexibility index (Phi) is 6.31. The quantitative estimate of drug-likeness (QED) is 0.454. The van der Waals surface area contributed by atoms with E-state index < -0.39 is 6.03 Å². The van der Waals surface area contributed by atoms with E-state index in [0.717, 1.165) is 11.3 Å². The van der Waals surface area contributed by atoms with Gasteiger partial charge in [0.25, 0.3) is 5.95 Å². The molecule has 0 spiro atoms. The average molecular weight is 475 g/mol. The summed E-state index contributed by atoms with van der Waals surface area (Å²) < 4.78 is 20.1. The van der Waals surface area contributed by atoms with Crippen molar-refractivity contribution in [1.29, 1.82) is 0 Å². The minimum atomic E-state index is -0.435. The molecule has 2 aromatic heterocycles. The zero-order valence-corrected chi connectivity index (χ0v) is 19.0. The predicted octanol–water partition coefficient (Wildman–Crippen LogP) is 3.65. The highest BCUT2D eigenvalue weighted by atomic mass is 19.1. The average Bonchev–Trinajstić information content (AvgIpc) is 3.32. The van der Waals surface area contributed by atoms with Crippen LogP contribution in [0.5, 0.6) is 0 Å². The summed E-state index contributed by atoms with van der Waals surface area (Å²) in [6.45, 7) is 4.49. The Hall–Kier alpha value is -4.38. The highest BCUT2D eigenvalue weighted by Crippen LogP contribution is 2.22. The molecule has 10 nitrogen and oxygen atoms in total. The molecule has 0 aliphatic carbocycles. The molecule has 2 amide bonds. The first-order valence-electron chi connectivity index (χ1n) is 11.1. The summed E-state index contributed by atoms with van der Waals surface area (Å²) in [5, 5.41) is 9.85. The summed E-state index contributed by atoms with van der Waals surface area (Å²) >= 11 is 0. The van der Waals surface area contributed by atoms with E-state index in [1.807, 2.05) is 31.3 Å². The lowest BCUT2D eigenvalue weighted by Crippen LogP contribution is -2.37. The molecule has 1 aliphatic heterocycles. The summed E-state index contributed by atoms with van der Waals surface area (Å²) in [7, 11) is 0. The maximum absolute atomic E-state index is 13.0. The number of carbonyl (C=O) groups excluding carboxylic acids is 1. The van der Waals surface area contributed by atoms with Gasteiger partial charge in [-0.05, 0) is 61.5 Å². The van der Waals surface area contributed by atoms with Gasteiger partial charge in [0.05, 0.1) is 18.9 Å². The third kappa shape index (κ3) is 5.41. The van der Waals surface area contributed by atoms with E-state index in [9.17, 15) is 9.18 Å². The van der Waals surface area contributed by atoms with Crippen molar-refractivity contribution >= 4 is 23.4 Å². The van der Waals surface area contributed by atoms with Crippen molar-refractivity contribution in [3.8, 4) is 17.3 Å². The number of rotatable bonds is 5.